The van der Waals surface area contributed by atoms with Crippen LogP contribution in [0.1, 0.15) is 0 Å². The van der Waals surface area contributed by atoms with Gasteiger partial charge in [0, 0.05) is 0 Å². The number of benzene rings is 2. The Morgan fingerprint density at radius 1 is 0.800 bits per heavy atom. The highest BCUT2D eigenvalue weighted by atomic mass is 32.2. The smallest absolute Gasteiger partial charge is 0.257 e. The standard InChI is InChI=1S/C12H12NOS/c13-15(12-9-5-2-6-10-12)14-11-7-3-1-4-8-11/h1-10H,13H2/q+1. The zero-order valence-electron chi connectivity index (χ0n) is 8.17. The molecular weight excluding hydrogens is 206 g/mol. The first-order valence-electron chi connectivity index (χ1n) is 4.63. The summed E-state index contributed by atoms with van der Waals surface area (Å²) < 4.78 is 5.61. The van der Waals surface area contributed by atoms with E-state index in [1.807, 2.05) is 60.7 Å². The first-order chi connectivity index (χ1) is 7.36. The fourth-order valence-electron chi connectivity index (χ4n) is 1.18. The van der Waals surface area contributed by atoms with Crippen molar-refractivity contribution in [3.05, 3.63) is 60.7 Å². The fourth-order valence-corrected chi connectivity index (χ4v) is 2.02. The molecule has 0 amide bonds. The fraction of sp³-hybridized carbons (Fsp3) is 0. The maximum absolute atomic E-state index is 5.93. The van der Waals surface area contributed by atoms with Gasteiger partial charge in [-0.3, -0.25) is 4.18 Å². The Morgan fingerprint density at radius 2 is 1.33 bits per heavy atom. The molecule has 0 spiro atoms. The van der Waals surface area contributed by atoms with Crippen LogP contribution in [0.2, 0.25) is 0 Å². The largest absolute Gasteiger partial charge is 0.324 e. The van der Waals surface area contributed by atoms with Crippen molar-refractivity contribution in [2.75, 3.05) is 0 Å². The van der Waals surface area contributed by atoms with Gasteiger partial charge in [-0.05, 0) is 24.3 Å². The van der Waals surface area contributed by atoms with Crippen LogP contribution in [0.4, 0.5) is 0 Å². The van der Waals surface area contributed by atoms with Crippen LogP contribution < -0.4 is 9.32 Å². The first kappa shape index (κ1) is 10.1. The predicted molar refractivity (Wildman–Crippen MR) is 63.3 cm³/mol. The van der Waals surface area contributed by atoms with E-state index in [9.17, 15) is 0 Å². The molecule has 0 bridgehead atoms. The number of hydrogen-bond acceptors (Lipinski definition) is 2. The number of nitrogens with two attached hydrogens (primary N) is 1. The molecule has 0 radical (unpaired) electrons. The Bertz CT molecular complexity index is 404. The minimum absolute atomic E-state index is 0.684. The molecule has 0 aliphatic heterocycles. The van der Waals surface area contributed by atoms with E-state index in [2.05, 4.69) is 0 Å². The monoisotopic (exact) mass is 218 g/mol. The minimum atomic E-state index is -0.684. The van der Waals surface area contributed by atoms with Gasteiger partial charge in [0.25, 0.3) is 0 Å². The Morgan fingerprint density at radius 3 is 1.93 bits per heavy atom. The third kappa shape index (κ3) is 2.75. The Labute approximate surface area is 92.4 Å². The molecule has 3 heteroatoms. The van der Waals surface area contributed by atoms with E-state index in [4.69, 9.17) is 9.32 Å². The van der Waals surface area contributed by atoms with E-state index in [1.54, 1.807) is 0 Å². The molecule has 1 unspecified atom stereocenters. The normalized spacial score (nSPS) is 12.1. The number of hydrogen-bond donors (Lipinski definition) is 1. The van der Waals surface area contributed by atoms with Gasteiger partial charge in [-0.15, -0.1) is 5.14 Å². The van der Waals surface area contributed by atoms with Crippen molar-refractivity contribution in [2.24, 2.45) is 5.14 Å². The molecule has 2 aromatic rings. The highest BCUT2D eigenvalue weighted by Gasteiger charge is 2.19. The van der Waals surface area contributed by atoms with Crippen LogP contribution in [0.15, 0.2) is 65.6 Å². The summed E-state index contributed by atoms with van der Waals surface area (Å²) in [5.41, 5.74) is 0. The lowest BCUT2D eigenvalue weighted by atomic mass is 10.3. The van der Waals surface area contributed by atoms with Gasteiger partial charge in [0.2, 0.25) is 4.90 Å². The third-order valence-corrected chi connectivity index (χ3v) is 3.01. The van der Waals surface area contributed by atoms with Gasteiger partial charge in [0.15, 0.2) is 5.75 Å². The summed E-state index contributed by atoms with van der Waals surface area (Å²) in [7, 11) is 0. The van der Waals surface area contributed by atoms with E-state index >= 15 is 0 Å². The molecule has 2 aromatic carbocycles. The SMILES string of the molecule is N[S+](Oc1ccccc1)c1ccccc1. The van der Waals surface area contributed by atoms with Gasteiger partial charge in [-0.25, -0.2) is 0 Å². The van der Waals surface area contributed by atoms with E-state index in [1.165, 1.54) is 0 Å². The minimum Gasteiger partial charge on any atom is -0.257 e. The molecule has 0 saturated carbocycles. The van der Waals surface area contributed by atoms with Crippen molar-refractivity contribution in [1.82, 2.24) is 0 Å². The summed E-state index contributed by atoms with van der Waals surface area (Å²) in [5.74, 6) is 0.798. The van der Waals surface area contributed by atoms with Crippen LogP contribution in [-0.2, 0) is 11.4 Å². The average Bonchev–Trinajstić information content (AvgIpc) is 2.31. The molecule has 76 valence electrons. The molecule has 0 saturated heterocycles. The average molecular weight is 218 g/mol. The van der Waals surface area contributed by atoms with Crippen molar-refractivity contribution in [1.29, 1.82) is 0 Å². The van der Waals surface area contributed by atoms with Gasteiger partial charge in [-0.1, -0.05) is 36.4 Å². The number of rotatable bonds is 3. The summed E-state index contributed by atoms with van der Waals surface area (Å²) in [6.45, 7) is 0. The van der Waals surface area contributed by atoms with Gasteiger partial charge >= 0.3 is 11.4 Å². The summed E-state index contributed by atoms with van der Waals surface area (Å²) in [6, 6.07) is 19.4. The van der Waals surface area contributed by atoms with Crippen molar-refractivity contribution in [3.63, 3.8) is 0 Å². The van der Waals surface area contributed by atoms with Crippen LogP contribution in [-0.4, -0.2) is 0 Å². The Hall–Kier alpha value is -1.45. The van der Waals surface area contributed by atoms with Crippen molar-refractivity contribution in [3.8, 4) is 5.75 Å². The number of para-hydroxylation sites is 1. The molecule has 15 heavy (non-hydrogen) atoms. The maximum atomic E-state index is 5.93. The maximum Gasteiger partial charge on any atom is 0.324 e. The van der Waals surface area contributed by atoms with Crippen LogP contribution in [0.3, 0.4) is 0 Å². The third-order valence-electron chi connectivity index (χ3n) is 1.90. The summed E-state index contributed by atoms with van der Waals surface area (Å²) >= 11 is -0.684. The predicted octanol–water partition coefficient (Wildman–Crippen LogP) is 2.53. The molecule has 0 heterocycles. The lowest BCUT2D eigenvalue weighted by molar-refractivity contribution is 0.626. The van der Waals surface area contributed by atoms with Crippen molar-refractivity contribution >= 4 is 11.4 Å². The van der Waals surface area contributed by atoms with E-state index in [0.29, 0.717) is 0 Å². The highest BCUT2D eigenvalue weighted by Crippen LogP contribution is 2.15. The van der Waals surface area contributed by atoms with Gasteiger partial charge in [0.05, 0.1) is 0 Å². The highest BCUT2D eigenvalue weighted by molar-refractivity contribution is 7.90. The molecule has 0 fully saturated rings. The Kier molecular flexibility index (Phi) is 3.27. The van der Waals surface area contributed by atoms with E-state index in [0.717, 1.165) is 10.6 Å². The molecule has 2 nitrogen and oxygen atoms in total. The van der Waals surface area contributed by atoms with Crippen molar-refractivity contribution < 1.29 is 4.18 Å². The zero-order valence-corrected chi connectivity index (χ0v) is 8.98. The summed E-state index contributed by atoms with van der Waals surface area (Å²) in [4.78, 5) is 1.00. The molecule has 2 rings (SSSR count). The second kappa shape index (κ2) is 4.87. The molecule has 1 atom stereocenters. The zero-order chi connectivity index (χ0) is 10.5. The molecule has 0 aliphatic carbocycles. The van der Waals surface area contributed by atoms with Gasteiger partial charge in [0.1, 0.15) is 0 Å². The molecule has 2 N–H and O–H groups in total. The molecule has 0 aliphatic rings. The molecular formula is C12H12NOS+. The van der Waals surface area contributed by atoms with Crippen LogP contribution in [0.25, 0.3) is 0 Å². The van der Waals surface area contributed by atoms with E-state index < -0.39 is 11.4 Å². The first-order valence-corrected chi connectivity index (χ1v) is 5.84. The lowest BCUT2D eigenvalue weighted by Gasteiger charge is -2.00. The summed E-state index contributed by atoms with van der Waals surface area (Å²) in [6.07, 6.45) is 0. The van der Waals surface area contributed by atoms with Crippen LogP contribution >= 0.6 is 0 Å². The summed E-state index contributed by atoms with van der Waals surface area (Å²) in [5, 5.41) is 5.93. The topological polar surface area (TPSA) is 35.2 Å². The van der Waals surface area contributed by atoms with E-state index in [-0.39, 0.29) is 0 Å². The quantitative estimate of drug-likeness (QED) is 0.803. The Balaban J connectivity index is 2.08. The molecule has 0 aromatic heterocycles. The van der Waals surface area contributed by atoms with Crippen LogP contribution in [0, 0.1) is 0 Å². The van der Waals surface area contributed by atoms with Crippen LogP contribution in [0.5, 0.6) is 5.75 Å². The van der Waals surface area contributed by atoms with Gasteiger partial charge < -0.3 is 0 Å². The van der Waals surface area contributed by atoms with Gasteiger partial charge in [-0.2, -0.15) is 0 Å². The second-order valence-corrected chi connectivity index (χ2v) is 4.24. The second-order valence-electron chi connectivity index (χ2n) is 3.01. The van der Waals surface area contributed by atoms with Crippen molar-refractivity contribution in [2.45, 2.75) is 4.90 Å². The lowest BCUT2D eigenvalue weighted by Crippen LogP contribution is -2.20.